The van der Waals surface area contributed by atoms with Gasteiger partial charge in [0, 0.05) is 0 Å². The first kappa shape index (κ1) is 36.8. The summed E-state index contributed by atoms with van der Waals surface area (Å²) in [5.41, 5.74) is 5.84. The van der Waals surface area contributed by atoms with Gasteiger partial charge in [0.15, 0.2) is 18.4 Å². The van der Waals surface area contributed by atoms with E-state index in [1.807, 2.05) is 27.7 Å². The molecule has 9 atom stereocenters. The van der Waals surface area contributed by atoms with Crippen molar-refractivity contribution in [3.63, 3.8) is 0 Å². The number of fused-ring (bicyclic) bond motifs is 1. The fourth-order valence-electron chi connectivity index (χ4n) is 5.13. The molecule has 0 radical (unpaired) electrons. The van der Waals surface area contributed by atoms with Crippen LogP contribution in [0.25, 0.3) is 0 Å². The molecule has 3 rings (SSSR count). The Hall–Kier alpha value is -2.66. The van der Waals surface area contributed by atoms with E-state index in [1.165, 1.54) is 25.5 Å². The van der Waals surface area contributed by atoms with Crippen molar-refractivity contribution >= 4 is 37.8 Å². The first-order valence-electron chi connectivity index (χ1n) is 15.0. The molecule has 0 spiro atoms. The van der Waals surface area contributed by atoms with Crippen LogP contribution in [-0.4, -0.2) is 121 Å². The van der Waals surface area contributed by atoms with Crippen molar-refractivity contribution in [2.24, 2.45) is 32.5 Å². The number of hydrogen-bond donors (Lipinski definition) is 5. The second-order valence-corrected chi connectivity index (χ2v) is 14.1. The van der Waals surface area contributed by atoms with E-state index in [4.69, 9.17) is 29.2 Å². The first-order chi connectivity index (χ1) is 21.1. The summed E-state index contributed by atoms with van der Waals surface area (Å²) in [5.74, 6) is -1.17. The van der Waals surface area contributed by atoms with Crippen LogP contribution in [0.4, 0.5) is 0 Å². The molecule has 256 valence electrons. The summed E-state index contributed by atoms with van der Waals surface area (Å²) < 4.78 is 41.9. The van der Waals surface area contributed by atoms with E-state index in [0.717, 1.165) is 0 Å². The summed E-state index contributed by atoms with van der Waals surface area (Å²) >= 11 is 0. The van der Waals surface area contributed by atoms with E-state index in [2.05, 4.69) is 25.2 Å². The number of ether oxygens (including phenoxy) is 4. The number of carbonyl (C=O) groups excluding carboxylic acids is 2. The van der Waals surface area contributed by atoms with Crippen LogP contribution in [0.2, 0.25) is 0 Å². The molecule has 0 amide bonds. The van der Waals surface area contributed by atoms with Crippen LogP contribution < -0.4 is 15.9 Å². The SMILES string of the molecule is COC(=O)[C@H](CC(C)C)NP(=O)(N[C@@H](CC(C)C)C(=O)OC(C)C)OC[C@H]1O[C@@H](N2C=NC3C(OC)=NC(N)=NC32)[C@H](O)C1O. The third-order valence-electron chi connectivity index (χ3n) is 7.14. The molecule has 0 bridgehead atoms. The minimum atomic E-state index is -4.28. The van der Waals surface area contributed by atoms with Crippen molar-refractivity contribution in [3.8, 4) is 0 Å². The number of nitrogens with two attached hydrogens (primary N) is 1. The maximum Gasteiger partial charge on any atom is 0.342 e. The van der Waals surface area contributed by atoms with Gasteiger partial charge in [-0.3, -0.25) is 19.1 Å². The minimum Gasteiger partial charge on any atom is -0.482 e. The molecule has 1 fully saturated rings. The monoisotopic (exact) mass is 661 g/mol. The van der Waals surface area contributed by atoms with Crippen LogP contribution >= 0.6 is 7.67 Å². The van der Waals surface area contributed by atoms with E-state index >= 15 is 0 Å². The highest BCUT2D eigenvalue weighted by atomic mass is 31.2. The maximum atomic E-state index is 14.4. The minimum absolute atomic E-state index is 0.00517. The van der Waals surface area contributed by atoms with Gasteiger partial charge in [-0.2, -0.15) is 4.99 Å². The summed E-state index contributed by atoms with van der Waals surface area (Å²) in [4.78, 5) is 39.8. The smallest absolute Gasteiger partial charge is 0.342 e. The van der Waals surface area contributed by atoms with E-state index in [9.17, 15) is 24.4 Å². The van der Waals surface area contributed by atoms with Crippen LogP contribution in [0, 0.1) is 11.8 Å². The first-order valence-corrected chi connectivity index (χ1v) is 16.6. The van der Waals surface area contributed by atoms with Gasteiger partial charge >= 0.3 is 19.6 Å². The Labute approximate surface area is 263 Å². The van der Waals surface area contributed by atoms with Gasteiger partial charge in [0.05, 0.1) is 33.3 Å². The number of nitrogens with one attached hydrogen (secondary N) is 2. The van der Waals surface area contributed by atoms with Gasteiger partial charge < -0.3 is 44.3 Å². The number of aliphatic hydroxyl groups excluding tert-OH is 2. The highest BCUT2D eigenvalue weighted by Gasteiger charge is 2.51. The maximum absolute atomic E-state index is 14.4. The average Bonchev–Trinajstić information content (AvgIpc) is 3.49. The van der Waals surface area contributed by atoms with E-state index in [0.29, 0.717) is 0 Å². The van der Waals surface area contributed by atoms with Gasteiger partial charge in [0.2, 0.25) is 11.9 Å². The molecule has 45 heavy (non-hydrogen) atoms. The molecular weight excluding hydrogens is 613 g/mol. The molecule has 3 aliphatic rings. The third kappa shape index (κ3) is 9.44. The number of carbonyl (C=O) groups is 2. The van der Waals surface area contributed by atoms with Crippen LogP contribution in [-0.2, 0) is 37.6 Å². The summed E-state index contributed by atoms with van der Waals surface area (Å²) in [6, 6.07) is -2.77. The summed E-state index contributed by atoms with van der Waals surface area (Å²) in [5, 5.41) is 27.4. The molecule has 0 saturated carbocycles. The molecule has 1 saturated heterocycles. The zero-order valence-corrected chi connectivity index (χ0v) is 27.9. The third-order valence-corrected chi connectivity index (χ3v) is 8.96. The van der Waals surface area contributed by atoms with Gasteiger partial charge in [-0.1, -0.05) is 27.7 Å². The second kappa shape index (κ2) is 15.8. The molecule has 3 heterocycles. The number of esters is 2. The Balaban J connectivity index is 1.83. The van der Waals surface area contributed by atoms with Gasteiger partial charge in [0.25, 0.3) is 0 Å². The lowest BCUT2D eigenvalue weighted by Gasteiger charge is -2.32. The lowest BCUT2D eigenvalue weighted by atomic mass is 10.0. The van der Waals surface area contributed by atoms with Crippen LogP contribution in [0.15, 0.2) is 15.0 Å². The number of methoxy groups -OCH3 is 2. The Morgan fingerprint density at radius 1 is 1.04 bits per heavy atom. The highest BCUT2D eigenvalue weighted by Crippen LogP contribution is 2.42. The largest absolute Gasteiger partial charge is 0.482 e. The Kier molecular flexibility index (Phi) is 12.9. The van der Waals surface area contributed by atoms with Gasteiger partial charge in [-0.05, 0) is 38.5 Å². The Morgan fingerprint density at radius 3 is 2.18 bits per heavy atom. The molecule has 6 N–H and O–H groups in total. The normalized spacial score (nSPS) is 28.9. The number of guanidine groups is 1. The molecule has 17 nitrogen and oxygen atoms in total. The standard InChI is InChI=1S/C27H48N7O10P/c1-13(2)9-16(25(37)41-8)32-45(39,33-17(10-14(3)4)26(38)43-15(5)6)42-11-18-20(35)21(36)24(44-18)34-12-29-19-22(34)30-27(28)31-23(19)40-7/h12-22,24,35-36H,9-11H2,1-8H3,(H2,28,30)(H2,32,33,39)/t16-,17-,18+,19?,20?,21+,22?,24+,45?/m0/s1. The predicted octanol–water partition coefficient (Wildman–Crippen LogP) is 0.103. The fourth-order valence-corrected chi connectivity index (χ4v) is 6.95. The molecule has 0 aromatic carbocycles. The van der Waals surface area contributed by atoms with E-state index < -0.39 is 81.2 Å². The number of aliphatic hydroxyl groups is 2. The van der Waals surface area contributed by atoms with Crippen molar-refractivity contribution in [2.45, 2.75) is 109 Å². The molecule has 0 aromatic heterocycles. The molecule has 0 aromatic rings. The number of hydrogen-bond acceptors (Lipinski definition) is 15. The fraction of sp³-hybridized carbons (Fsp3) is 0.815. The highest BCUT2D eigenvalue weighted by molar-refractivity contribution is 7.54. The van der Waals surface area contributed by atoms with Crippen molar-refractivity contribution in [1.82, 2.24) is 15.1 Å². The van der Waals surface area contributed by atoms with Crippen molar-refractivity contribution in [3.05, 3.63) is 0 Å². The van der Waals surface area contributed by atoms with Crippen LogP contribution in [0.5, 0.6) is 0 Å². The van der Waals surface area contributed by atoms with Gasteiger partial charge in [-0.25, -0.2) is 15.2 Å². The topological polar surface area (TPSA) is 228 Å². The quantitative estimate of drug-likeness (QED) is 0.116. The van der Waals surface area contributed by atoms with Crippen LogP contribution in [0.3, 0.4) is 0 Å². The lowest BCUT2D eigenvalue weighted by molar-refractivity contribution is -0.150. The van der Waals surface area contributed by atoms with Gasteiger partial charge in [0.1, 0.15) is 30.4 Å². The number of rotatable bonds is 15. The van der Waals surface area contributed by atoms with E-state index in [-0.39, 0.29) is 36.5 Å². The number of aliphatic imine (C=N–C) groups is 3. The zero-order chi connectivity index (χ0) is 33.6. The zero-order valence-electron chi connectivity index (χ0n) is 27.0. The molecule has 18 heteroatoms. The summed E-state index contributed by atoms with van der Waals surface area (Å²) in [6.07, 6.45) is -4.58. The lowest BCUT2D eigenvalue weighted by Crippen LogP contribution is -2.51. The Bertz CT molecular complexity index is 1180. The van der Waals surface area contributed by atoms with E-state index in [1.54, 1.807) is 13.8 Å². The Morgan fingerprint density at radius 2 is 1.64 bits per heavy atom. The van der Waals surface area contributed by atoms with Crippen molar-refractivity contribution < 1.29 is 47.8 Å². The molecule has 4 unspecified atom stereocenters. The number of nitrogens with zero attached hydrogens (tertiary/aromatic N) is 4. The molecular formula is C27H48N7O10P. The molecule has 0 aliphatic carbocycles. The predicted molar refractivity (Wildman–Crippen MR) is 164 cm³/mol. The van der Waals surface area contributed by atoms with Crippen molar-refractivity contribution in [2.75, 3.05) is 20.8 Å². The van der Waals surface area contributed by atoms with Crippen molar-refractivity contribution in [1.29, 1.82) is 0 Å². The van der Waals surface area contributed by atoms with Crippen LogP contribution in [0.1, 0.15) is 54.4 Å². The molecule has 3 aliphatic heterocycles. The average molecular weight is 662 g/mol. The summed E-state index contributed by atoms with van der Waals surface area (Å²) in [7, 11) is -1.65. The van der Waals surface area contributed by atoms with Gasteiger partial charge in [-0.15, -0.1) is 0 Å². The second-order valence-electron chi connectivity index (χ2n) is 12.2. The summed E-state index contributed by atoms with van der Waals surface area (Å²) in [6.45, 7) is 10.4.